The molecule has 0 N–H and O–H groups in total. The second-order valence-electron chi connectivity index (χ2n) is 14.5. The van der Waals surface area contributed by atoms with Crippen molar-refractivity contribution >= 4 is 34.8 Å². The molecule has 1 aromatic rings. The number of carbonyl (C=O) groups is 2. The van der Waals surface area contributed by atoms with Crippen LogP contribution in [0.3, 0.4) is 0 Å². The van der Waals surface area contributed by atoms with Crippen LogP contribution >= 0.6 is 11.8 Å². The van der Waals surface area contributed by atoms with Crippen molar-refractivity contribution in [3.63, 3.8) is 0 Å². The summed E-state index contributed by atoms with van der Waals surface area (Å²) in [5.41, 5.74) is 3.45. The molecular formula is C38H41F3N2O3S. The Labute approximate surface area is 278 Å². The van der Waals surface area contributed by atoms with Gasteiger partial charge in [0, 0.05) is 53.3 Å². The third-order valence-electron chi connectivity index (χ3n) is 10.9. The summed E-state index contributed by atoms with van der Waals surface area (Å²) in [6.07, 6.45) is 14.0. The van der Waals surface area contributed by atoms with E-state index < -0.39 is 29.0 Å². The van der Waals surface area contributed by atoms with Crippen LogP contribution in [0.5, 0.6) is 0 Å². The summed E-state index contributed by atoms with van der Waals surface area (Å²) in [6.45, 7) is 4.98. The Morgan fingerprint density at radius 1 is 1.13 bits per heavy atom. The molecule has 1 aromatic carbocycles. The smallest absolute Gasteiger partial charge is 0.248 e. The average Bonchev–Trinajstić information content (AvgIpc) is 3.66. The number of hydrogen-bond acceptors (Lipinski definition) is 6. The minimum Gasteiger partial charge on any atom is -0.469 e. The summed E-state index contributed by atoms with van der Waals surface area (Å²) in [5, 5.41) is 0.475. The minimum absolute atomic E-state index is 0.00534. The van der Waals surface area contributed by atoms with E-state index >= 15 is 4.39 Å². The van der Waals surface area contributed by atoms with Crippen LogP contribution in [0.1, 0.15) is 87.2 Å². The van der Waals surface area contributed by atoms with Crippen LogP contribution in [0.4, 0.5) is 13.2 Å². The fourth-order valence-corrected chi connectivity index (χ4v) is 9.01. The first kappa shape index (κ1) is 32.4. The Balaban J connectivity index is 1.07. The predicted molar refractivity (Wildman–Crippen MR) is 180 cm³/mol. The lowest BCUT2D eigenvalue weighted by Gasteiger charge is -2.47. The van der Waals surface area contributed by atoms with Crippen molar-refractivity contribution in [1.29, 1.82) is 0 Å². The molecule has 9 heteroatoms. The van der Waals surface area contributed by atoms with Crippen LogP contribution in [0.15, 0.2) is 75.8 Å². The fourth-order valence-electron chi connectivity index (χ4n) is 8.14. The highest BCUT2D eigenvalue weighted by atomic mass is 32.2. The zero-order valence-corrected chi connectivity index (χ0v) is 27.7. The molecule has 1 saturated heterocycles. The molecule has 1 saturated carbocycles. The van der Waals surface area contributed by atoms with Crippen LogP contribution in [-0.4, -0.2) is 46.8 Å². The first-order chi connectivity index (χ1) is 22.5. The van der Waals surface area contributed by atoms with Gasteiger partial charge in [-0.05, 0) is 61.8 Å². The number of benzene rings is 1. The topological polar surface area (TPSA) is 68.1 Å². The molecular weight excluding hydrogens is 621 g/mol. The van der Waals surface area contributed by atoms with Gasteiger partial charge in [-0.15, -0.1) is 11.8 Å². The number of thioether (sulfide) groups is 1. The van der Waals surface area contributed by atoms with Crippen molar-refractivity contribution in [3.8, 4) is 0 Å². The van der Waals surface area contributed by atoms with Gasteiger partial charge >= 0.3 is 0 Å². The molecule has 3 aliphatic carbocycles. The molecule has 0 radical (unpaired) electrons. The third kappa shape index (κ3) is 6.61. The van der Waals surface area contributed by atoms with Crippen molar-refractivity contribution in [2.75, 3.05) is 6.54 Å². The monoisotopic (exact) mass is 662 g/mol. The quantitative estimate of drug-likeness (QED) is 0.196. The summed E-state index contributed by atoms with van der Waals surface area (Å²) >= 11 is 1.77. The van der Waals surface area contributed by atoms with E-state index in [9.17, 15) is 18.4 Å². The first-order valence-corrected chi connectivity index (χ1v) is 17.8. The molecule has 0 bridgehead atoms. The maximum atomic E-state index is 15.4. The number of allylic oxidation sites excluding steroid dienone is 4. The van der Waals surface area contributed by atoms with Gasteiger partial charge in [-0.3, -0.25) is 14.6 Å². The molecule has 0 aromatic heterocycles. The number of aliphatic imine (C=N–C) groups is 2. The molecule has 6 unspecified atom stereocenters. The van der Waals surface area contributed by atoms with Gasteiger partial charge in [0.2, 0.25) is 11.8 Å². The highest BCUT2D eigenvalue weighted by Crippen LogP contribution is 2.54. The fraction of sp³-hybridized carbons (Fsp3) is 0.526. The molecule has 2 fully saturated rings. The number of Topliss-reactive ketones (excluding diaryl/α,β-unsaturated/α-hetero) is 2. The molecule has 248 valence electrons. The normalized spacial score (nSPS) is 32.3. The Hall–Kier alpha value is -3.20. The first-order valence-electron chi connectivity index (χ1n) is 16.9. The van der Waals surface area contributed by atoms with Crippen LogP contribution < -0.4 is 0 Å². The number of nitrogens with zero attached hydrogens (tertiary/aromatic N) is 2. The largest absolute Gasteiger partial charge is 0.469 e. The number of hydrogen-bond donors (Lipinski definition) is 0. The number of dihydropyridines is 1. The summed E-state index contributed by atoms with van der Waals surface area (Å²) in [6, 6.07) is 4.16. The molecule has 3 aliphatic heterocycles. The summed E-state index contributed by atoms with van der Waals surface area (Å²) in [4.78, 5) is 36.5. The van der Waals surface area contributed by atoms with Crippen molar-refractivity contribution in [3.05, 3.63) is 82.7 Å². The van der Waals surface area contributed by atoms with Gasteiger partial charge in [0.15, 0.2) is 5.78 Å². The number of ether oxygens (including phenoxy) is 1. The second kappa shape index (κ2) is 12.7. The number of carbonyl (C=O) groups excluding carboxylic acids is 2. The highest BCUT2D eigenvalue weighted by Gasteiger charge is 2.56. The van der Waals surface area contributed by atoms with Crippen molar-refractivity contribution in [2.45, 2.75) is 88.5 Å². The zero-order valence-electron chi connectivity index (χ0n) is 26.8. The minimum atomic E-state index is -2.73. The zero-order chi connectivity index (χ0) is 32.9. The van der Waals surface area contributed by atoms with Gasteiger partial charge in [0.05, 0.1) is 23.7 Å². The van der Waals surface area contributed by atoms with E-state index in [1.165, 1.54) is 12.1 Å². The van der Waals surface area contributed by atoms with Crippen LogP contribution in [0.25, 0.3) is 0 Å². The molecule has 7 atom stereocenters. The molecule has 0 spiro atoms. The van der Waals surface area contributed by atoms with Crippen LogP contribution in [0, 0.1) is 34.9 Å². The van der Waals surface area contributed by atoms with E-state index in [1.54, 1.807) is 23.9 Å². The van der Waals surface area contributed by atoms with Gasteiger partial charge in [0.1, 0.15) is 17.7 Å². The lowest BCUT2D eigenvalue weighted by molar-refractivity contribution is -0.132. The number of fused-ring (bicyclic) bond motifs is 2. The lowest BCUT2D eigenvalue weighted by Crippen LogP contribution is -2.49. The van der Waals surface area contributed by atoms with Gasteiger partial charge < -0.3 is 4.74 Å². The number of halogens is 3. The Kier molecular flexibility index (Phi) is 8.73. The van der Waals surface area contributed by atoms with E-state index in [1.807, 2.05) is 23.8 Å². The Bertz CT molecular complexity index is 1630. The number of alkyl halides is 2. The van der Waals surface area contributed by atoms with Crippen molar-refractivity contribution in [2.24, 2.45) is 39.1 Å². The van der Waals surface area contributed by atoms with Gasteiger partial charge in [-0.25, -0.2) is 18.2 Å². The van der Waals surface area contributed by atoms with Crippen molar-refractivity contribution < 1.29 is 27.5 Å². The van der Waals surface area contributed by atoms with Crippen LogP contribution in [-0.2, 0) is 9.53 Å². The maximum Gasteiger partial charge on any atom is 0.248 e. The second-order valence-corrected chi connectivity index (χ2v) is 15.7. The lowest BCUT2D eigenvalue weighted by atomic mass is 9.61. The van der Waals surface area contributed by atoms with E-state index in [2.05, 4.69) is 31.0 Å². The summed E-state index contributed by atoms with van der Waals surface area (Å²) in [7, 11) is 0. The molecule has 0 amide bonds. The number of rotatable bonds is 9. The molecule has 6 aliphatic rings. The highest BCUT2D eigenvalue weighted by molar-refractivity contribution is 8.12. The molecule has 7 rings (SSSR count). The summed E-state index contributed by atoms with van der Waals surface area (Å²) < 4.78 is 49.4. The van der Waals surface area contributed by atoms with E-state index in [-0.39, 0.29) is 61.5 Å². The standard InChI is InChI=1S/C38H41F3N2O3S/c1-37(2,35(45)29-18-24(29)17-25-20-42-21-47-25)34-27-7-3-4-8-33(27)46-36-28(34)11-12-31(43-36)23-9-10-26(30(39)19-23)32(44)16-22-6-5-14-38(40,41)15-13-22/h3-4,6-11,19,21,24-25,27,29,31,33-34H,5,12-18,20H2,1-2H3/t24?,25?,27?,29?,31?,33?,34-/m0/s1. The number of ketones is 2. The Morgan fingerprint density at radius 3 is 2.74 bits per heavy atom. The Morgan fingerprint density at radius 2 is 1.96 bits per heavy atom. The SMILES string of the molecule is CC(C)(C(=O)C1CC1CC1CN=CS1)[C@@H]1C2=CCC(c3ccc(C(=O)CC4=CCCC(F)(F)CC4)c(F)c3)N=C2OC2C=CC=CC21. The average molecular weight is 663 g/mol. The third-order valence-corrected chi connectivity index (χ3v) is 11.9. The maximum absolute atomic E-state index is 15.4. The molecule has 47 heavy (non-hydrogen) atoms. The van der Waals surface area contributed by atoms with E-state index in [0.717, 1.165) is 25.0 Å². The van der Waals surface area contributed by atoms with Crippen LogP contribution in [0.2, 0.25) is 0 Å². The van der Waals surface area contributed by atoms with E-state index in [4.69, 9.17) is 9.73 Å². The summed E-state index contributed by atoms with van der Waals surface area (Å²) in [5.74, 6) is -2.62. The van der Waals surface area contributed by atoms with Gasteiger partial charge in [-0.2, -0.15) is 0 Å². The van der Waals surface area contributed by atoms with Crippen molar-refractivity contribution in [1.82, 2.24) is 0 Å². The molecule has 5 nitrogen and oxygen atoms in total. The van der Waals surface area contributed by atoms with E-state index in [0.29, 0.717) is 40.4 Å². The van der Waals surface area contributed by atoms with Gasteiger partial charge in [-0.1, -0.05) is 55.9 Å². The molecule has 3 heterocycles. The van der Waals surface area contributed by atoms with Gasteiger partial charge in [0.25, 0.3) is 0 Å². The predicted octanol–water partition coefficient (Wildman–Crippen LogP) is 8.83.